The molecule has 0 heterocycles. The fourth-order valence-corrected chi connectivity index (χ4v) is 3.14. The van der Waals surface area contributed by atoms with E-state index in [4.69, 9.17) is 9.47 Å². The van der Waals surface area contributed by atoms with Crippen LogP contribution in [0.3, 0.4) is 0 Å². The normalized spacial score (nSPS) is 31.4. The summed E-state index contributed by atoms with van der Waals surface area (Å²) in [6, 6.07) is 10.3. The maximum absolute atomic E-state index is 11.6. The summed E-state index contributed by atoms with van der Waals surface area (Å²) < 4.78 is 11.0. The van der Waals surface area contributed by atoms with Crippen LogP contribution in [0, 0.1) is 17.8 Å². The zero-order valence-corrected chi connectivity index (χ0v) is 12.0. The largest absolute Gasteiger partial charge is 0.466 e. The van der Waals surface area contributed by atoms with Crippen LogP contribution in [0.15, 0.2) is 30.3 Å². The number of hydrogen-bond acceptors (Lipinski definition) is 3. The van der Waals surface area contributed by atoms with Crippen molar-refractivity contribution in [3.63, 3.8) is 0 Å². The van der Waals surface area contributed by atoms with Gasteiger partial charge in [0.15, 0.2) is 0 Å². The first kappa shape index (κ1) is 13.6. The Morgan fingerprint density at radius 2 is 1.95 bits per heavy atom. The quantitative estimate of drug-likeness (QED) is 0.747. The number of benzene rings is 1. The maximum Gasteiger partial charge on any atom is 0.309 e. The van der Waals surface area contributed by atoms with E-state index < -0.39 is 0 Å². The molecule has 1 aromatic rings. The van der Waals surface area contributed by atoms with Gasteiger partial charge < -0.3 is 9.47 Å². The van der Waals surface area contributed by atoms with Crippen molar-refractivity contribution in [2.75, 3.05) is 6.61 Å². The van der Waals surface area contributed by atoms with Crippen molar-refractivity contribution in [1.29, 1.82) is 0 Å². The van der Waals surface area contributed by atoms with Crippen molar-refractivity contribution < 1.29 is 14.3 Å². The van der Waals surface area contributed by atoms with Crippen molar-refractivity contribution in [2.45, 2.75) is 38.9 Å². The molecule has 2 atom stereocenters. The van der Waals surface area contributed by atoms with Crippen LogP contribution in [-0.4, -0.2) is 18.7 Å². The average molecular weight is 274 g/mol. The summed E-state index contributed by atoms with van der Waals surface area (Å²) >= 11 is 0. The molecule has 0 aromatic heterocycles. The molecule has 108 valence electrons. The van der Waals surface area contributed by atoms with Crippen molar-refractivity contribution in [3.8, 4) is 0 Å². The van der Waals surface area contributed by atoms with Crippen LogP contribution < -0.4 is 0 Å². The Hall–Kier alpha value is -1.35. The van der Waals surface area contributed by atoms with Gasteiger partial charge in [-0.3, -0.25) is 4.79 Å². The minimum atomic E-state index is 0.00570. The molecule has 0 radical (unpaired) electrons. The Morgan fingerprint density at radius 3 is 2.65 bits per heavy atom. The van der Waals surface area contributed by atoms with Crippen molar-refractivity contribution in [1.82, 2.24) is 0 Å². The first-order valence-electron chi connectivity index (χ1n) is 7.60. The smallest absolute Gasteiger partial charge is 0.309 e. The lowest BCUT2D eigenvalue weighted by molar-refractivity contribution is -0.145. The van der Waals surface area contributed by atoms with E-state index in [1.165, 1.54) is 5.56 Å². The molecule has 3 nitrogen and oxygen atoms in total. The van der Waals surface area contributed by atoms with Crippen LogP contribution >= 0.6 is 0 Å². The summed E-state index contributed by atoms with van der Waals surface area (Å²) in [4.78, 5) is 11.6. The fraction of sp³-hybridized carbons (Fsp3) is 0.588. The minimum Gasteiger partial charge on any atom is -0.466 e. The molecule has 0 N–H and O–H groups in total. The van der Waals surface area contributed by atoms with Crippen molar-refractivity contribution in [2.24, 2.45) is 17.8 Å². The molecule has 2 fully saturated rings. The number of carbonyl (C=O) groups is 1. The third-order valence-electron chi connectivity index (χ3n) is 4.49. The van der Waals surface area contributed by atoms with Crippen LogP contribution in [0.2, 0.25) is 0 Å². The highest BCUT2D eigenvalue weighted by Crippen LogP contribution is 2.52. The van der Waals surface area contributed by atoms with Gasteiger partial charge in [-0.1, -0.05) is 30.3 Å². The lowest BCUT2D eigenvalue weighted by Crippen LogP contribution is -2.33. The molecular weight excluding hydrogens is 252 g/mol. The molecule has 0 amide bonds. The van der Waals surface area contributed by atoms with Gasteiger partial charge in [0.2, 0.25) is 0 Å². The molecular formula is C17H22O3. The Morgan fingerprint density at radius 1 is 1.20 bits per heavy atom. The molecule has 2 aliphatic rings. The van der Waals surface area contributed by atoms with E-state index in [0.717, 1.165) is 19.3 Å². The minimum absolute atomic E-state index is 0.00570. The van der Waals surface area contributed by atoms with Gasteiger partial charge in [0.1, 0.15) is 0 Å². The Kier molecular flexibility index (Phi) is 4.06. The lowest BCUT2D eigenvalue weighted by atomic mass is 9.78. The number of ether oxygens (including phenoxy) is 2. The van der Waals surface area contributed by atoms with Crippen molar-refractivity contribution in [3.05, 3.63) is 35.9 Å². The van der Waals surface area contributed by atoms with E-state index in [0.29, 0.717) is 31.2 Å². The summed E-state index contributed by atoms with van der Waals surface area (Å²) in [5.41, 5.74) is 1.23. The van der Waals surface area contributed by atoms with Crippen LogP contribution in [0.1, 0.15) is 31.7 Å². The second-order valence-corrected chi connectivity index (χ2v) is 5.91. The van der Waals surface area contributed by atoms with Crippen molar-refractivity contribution >= 4 is 5.97 Å². The molecule has 1 aromatic carbocycles. The zero-order chi connectivity index (χ0) is 13.9. The van der Waals surface area contributed by atoms with Crippen LogP contribution in [0.5, 0.6) is 0 Å². The monoisotopic (exact) mass is 274 g/mol. The maximum atomic E-state index is 11.6. The second-order valence-electron chi connectivity index (χ2n) is 5.91. The van der Waals surface area contributed by atoms with Crippen LogP contribution in [0.4, 0.5) is 0 Å². The molecule has 0 spiro atoms. The molecule has 2 saturated carbocycles. The van der Waals surface area contributed by atoms with E-state index in [9.17, 15) is 4.79 Å². The van der Waals surface area contributed by atoms with E-state index in [-0.39, 0.29) is 11.9 Å². The Labute approximate surface area is 120 Å². The molecule has 0 aliphatic heterocycles. The van der Waals surface area contributed by atoms with Gasteiger partial charge in [-0.25, -0.2) is 0 Å². The highest BCUT2D eigenvalue weighted by molar-refractivity contribution is 5.75. The molecule has 2 aliphatic carbocycles. The summed E-state index contributed by atoms with van der Waals surface area (Å²) in [6.07, 6.45) is 3.61. The molecule has 0 unspecified atom stereocenters. The first-order chi connectivity index (χ1) is 9.78. The number of rotatable bonds is 6. The molecule has 0 bridgehead atoms. The van der Waals surface area contributed by atoms with E-state index in [2.05, 4.69) is 12.1 Å². The fourth-order valence-electron chi connectivity index (χ4n) is 3.14. The summed E-state index contributed by atoms with van der Waals surface area (Å²) in [5, 5.41) is 0. The topological polar surface area (TPSA) is 35.5 Å². The van der Waals surface area contributed by atoms with E-state index in [1.807, 2.05) is 25.1 Å². The number of esters is 1. The third-order valence-corrected chi connectivity index (χ3v) is 4.49. The SMILES string of the molecule is CCOC(=O)[C@H]1C[C@@H]1C1CC(OCc2ccccc2)C1. The van der Waals surface area contributed by atoms with Gasteiger partial charge >= 0.3 is 5.97 Å². The van der Waals surface area contributed by atoms with Gasteiger partial charge in [0, 0.05) is 0 Å². The highest BCUT2D eigenvalue weighted by Gasteiger charge is 2.52. The summed E-state index contributed by atoms with van der Waals surface area (Å²) in [5.74, 6) is 1.41. The number of hydrogen-bond donors (Lipinski definition) is 0. The highest BCUT2D eigenvalue weighted by atomic mass is 16.5. The third kappa shape index (κ3) is 3.04. The van der Waals surface area contributed by atoms with Gasteiger partial charge in [-0.15, -0.1) is 0 Å². The molecule has 3 rings (SSSR count). The van der Waals surface area contributed by atoms with Gasteiger partial charge in [-0.2, -0.15) is 0 Å². The predicted molar refractivity (Wildman–Crippen MR) is 76.0 cm³/mol. The lowest BCUT2D eigenvalue weighted by Gasteiger charge is -2.35. The Balaban J connectivity index is 1.35. The first-order valence-corrected chi connectivity index (χ1v) is 7.60. The van der Waals surface area contributed by atoms with Crippen LogP contribution in [-0.2, 0) is 20.9 Å². The molecule has 0 saturated heterocycles. The van der Waals surface area contributed by atoms with Gasteiger partial charge in [-0.05, 0) is 43.6 Å². The van der Waals surface area contributed by atoms with Gasteiger partial charge in [0.05, 0.1) is 25.2 Å². The number of carbonyl (C=O) groups excluding carboxylic acids is 1. The molecule has 20 heavy (non-hydrogen) atoms. The predicted octanol–water partition coefficient (Wildman–Crippen LogP) is 3.18. The van der Waals surface area contributed by atoms with E-state index >= 15 is 0 Å². The second kappa shape index (κ2) is 5.96. The van der Waals surface area contributed by atoms with Crippen LogP contribution in [0.25, 0.3) is 0 Å². The standard InChI is InChI=1S/C17H22O3/c1-2-19-17(18)16-10-15(16)13-8-14(9-13)20-11-12-6-4-3-5-7-12/h3-7,13-16H,2,8-11H2,1H3/t13?,14?,15-,16+/m1/s1. The zero-order valence-electron chi connectivity index (χ0n) is 12.0. The van der Waals surface area contributed by atoms with E-state index in [1.54, 1.807) is 0 Å². The van der Waals surface area contributed by atoms with Gasteiger partial charge in [0.25, 0.3) is 0 Å². The summed E-state index contributed by atoms with van der Waals surface area (Å²) in [7, 11) is 0. The molecule has 3 heteroatoms. The Bertz CT molecular complexity index is 451. The average Bonchev–Trinajstić information content (AvgIpc) is 3.19. The summed E-state index contributed by atoms with van der Waals surface area (Å²) in [6.45, 7) is 3.06.